The lowest BCUT2D eigenvalue weighted by Crippen LogP contribution is -2.62. The average Bonchev–Trinajstić information content (AvgIpc) is 2.97. The Balaban J connectivity index is 1.90. The van der Waals surface area contributed by atoms with Crippen LogP contribution in [0.25, 0.3) is 6.08 Å². The maximum atomic E-state index is 13.2. The van der Waals surface area contributed by atoms with Crippen LogP contribution >= 0.6 is 0 Å². The van der Waals surface area contributed by atoms with Gasteiger partial charge in [-0.1, -0.05) is 51.1 Å². The van der Waals surface area contributed by atoms with E-state index < -0.39 is 66.6 Å². The molecule has 2 aliphatic heterocycles. The molecule has 1 aromatic carbocycles. The molecule has 4 N–H and O–H groups in total. The predicted octanol–water partition coefficient (Wildman–Crippen LogP) is 3.40. The van der Waals surface area contributed by atoms with Gasteiger partial charge in [-0.2, -0.15) is 13.2 Å². The molecule has 244 valence electrons. The molecule has 0 radical (unpaired) electrons. The van der Waals surface area contributed by atoms with Crippen molar-refractivity contribution in [2.24, 2.45) is 11.8 Å². The van der Waals surface area contributed by atoms with Gasteiger partial charge in [0.15, 0.2) is 0 Å². The van der Waals surface area contributed by atoms with Crippen LogP contribution in [-0.2, 0) is 23.9 Å². The number of amides is 4. The zero-order valence-corrected chi connectivity index (χ0v) is 25.9. The van der Waals surface area contributed by atoms with Crippen molar-refractivity contribution in [3.8, 4) is 0 Å². The molecule has 0 spiro atoms. The highest BCUT2D eigenvalue weighted by atomic mass is 19.4. The van der Waals surface area contributed by atoms with E-state index in [1.807, 2.05) is 37.3 Å². The minimum absolute atomic E-state index is 0.127. The topological polar surface area (TPSA) is 129 Å². The molecule has 4 bridgehead atoms. The normalized spacial score (nSPS) is 28.4. The summed E-state index contributed by atoms with van der Waals surface area (Å²) in [6.45, 7) is 7.08. The number of carbonyl (C=O) groups is 4. The number of hydrogen-bond acceptors (Lipinski definition) is 6. The van der Waals surface area contributed by atoms with Crippen LogP contribution in [0.4, 0.5) is 13.2 Å². The number of ether oxygens (including phenoxy) is 1. The average molecular weight is 624 g/mol. The molecule has 0 unspecified atom stereocenters. The van der Waals surface area contributed by atoms with E-state index in [4.69, 9.17) is 4.74 Å². The van der Waals surface area contributed by atoms with E-state index in [1.165, 1.54) is 18.9 Å². The van der Waals surface area contributed by atoms with Crippen LogP contribution in [0.5, 0.6) is 0 Å². The Morgan fingerprint density at radius 3 is 2.34 bits per heavy atom. The summed E-state index contributed by atoms with van der Waals surface area (Å²) < 4.78 is 44.3. The van der Waals surface area contributed by atoms with Crippen LogP contribution in [-0.4, -0.2) is 72.2 Å². The highest BCUT2D eigenvalue weighted by Crippen LogP contribution is 2.22. The number of hydrazine groups is 1. The number of alkyl halides is 3. The smallest absolute Gasteiger partial charge is 0.368 e. The molecule has 10 nitrogen and oxygen atoms in total. The van der Waals surface area contributed by atoms with Crippen LogP contribution in [0.1, 0.15) is 77.5 Å². The summed E-state index contributed by atoms with van der Waals surface area (Å²) >= 11 is 0. The zero-order valence-electron chi connectivity index (χ0n) is 25.9. The first-order chi connectivity index (χ1) is 20.7. The first kappa shape index (κ1) is 35.0. The van der Waals surface area contributed by atoms with E-state index >= 15 is 0 Å². The fourth-order valence-electron chi connectivity index (χ4n) is 5.21. The molecule has 4 amide bonds. The molecular weight excluding hydrogens is 579 g/mol. The molecule has 2 heterocycles. The number of hydrogen-bond donors (Lipinski definition) is 4. The summed E-state index contributed by atoms with van der Waals surface area (Å²) in [6, 6.07) is 4.47. The van der Waals surface area contributed by atoms with E-state index in [2.05, 4.69) is 21.4 Å². The highest BCUT2D eigenvalue weighted by Gasteiger charge is 2.36. The van der Waals surface area contributed by atoms with E-state index in [9.17, 15) is 32.3 Å². The molecule has 3 rings (SSSR count). The van der Waals surface area contributed by atoms with Gasteiger partial charge in [0, 0.05) is 6.54 Å². The minimum atomic E-state index is -4.58. The monoisotopic (exact) mass is 623 g/mol. The molecule has 1 aromatic rings. The summed E-state index contributed by atoms with van der Waals surface area (Å²) in [5, 5.41) is 9.61. The number of fused-ring (bicyclic) bond motifs is 4. The van der Waals surface area contributed by atoms with Gasteiger partial charge in [0.2, 0.25) is 17.7 Å². The highest BCUT2D eigenvalue weighted by molar-refractivity contribution is 5.92. The molecule has 44 heavy (non-hydrogen) atoms. The van der Waals surface area contributed by atoms with Crippen LogP contribution < -0.4 is 21.4 Å². The van der Waals surface area contributed by atoms with Crippen LogP contribution in [0, 0.1) is 11.8 Å². The Kier molecular flexibility index (Phi) is 12.4. The lowest BCUT2D eigenvalue weighted by molar-refractivity contribution is -0.191. The first-order valence-corrected chi connectivity index (χ1v) is 15.1. The van der Waals surface area contributed by atoms with Crippen LogP contribution in [0.3, 0.4) is 0 Å². The largest absolute Gasteiger partial charge is 0.411 e. The third-order valence-electron chi connectivity index (χ3n) is 7.87. The van der Waals surface area contributed by atoms with Crippen molar-refractivity contribution in [1.29, 1.82) is 0 Å². The van der Waals surface area contributed by atoms with Crippen molar-refractivity contribution in [1.82, 2.24) is 26.4 Å². The van der Waals surface area contributed by atoms with Crippen LogP contribution in [0.15, 0.2) is 30.3 Å². The van der Waals surface area contributed by atoms with Gasteiger partial charge in [-0.3, -0.25) is 24.2 Å². The summed E-state index contributed by atoms with van der Waals surface area (Å²) in [4.78, 5) is 52.8. The molecular formula is C31H44F3N5O5. The maximum absolute atomic E-state index is 13.2. The molecule has 0 aromatic heterocycles. The first-order valence-electron chi connectivity index (χ1n) is 15.1. The van der Waals surface area contributed by atoms with Gasteiger partial charge in [-0.25, -0.2) is 5.43 Å². The Labute approximate surface area is 256 Å². The van der Waals surface area contributed by atoms with Gasteiger partial charge in [-0.15, -0.1) is 0 Å². The van der Waals surface area contributed by atoms with E-state index in [0.717, 1.165) is 11.1 Å². The maximum Gasteiger partial charge on any atom is 0.411 e. The second-order valence-corrected chi connectivity index (χ2v) is 11.9. The van der Waals surface area contributed by atoms with E-state index in [1.54, 1.807) is 19.9 Å². The van der Waals surface area contributed by atoms with Crippen molar-refractivity contribution in [3.05, 3.63) is 41.5 Å². The number of benzene rings is 1. The number of halogens is 3. The molecule has 0 aliphatic carbocycles. The molecule has 13 heteroatoms. The van der Waals surface area contributed by atoms with Gasteiger partial charge < -0.3 is 20.7 Å². The Morgan fingerprint density at radius 1 is 0.955 bits per heavy atom. The number of nitrogens with zero attached hydrogens (tertiary/aromatic N) is 1. The molecule has 1 saturated heterocycles. The Hall–Kier alpha value is -3.45. The molecule has 0 saturated carbocycles. The number of nitrogens with one attached hydrogen (secondary N) is 4. The third kappa shape index (κ3) is 10.0. The molecule has 2 aliphatic rings. The summed E-state index contributed by atoms with van der Waals surface area (Å²) in [7, 11) is 0. The van der Waals surface area contributed by atoms with Gasteiger partial charge in [-0.05, 0) is 62.6 Å². The summed E-state index contributed by atoms with van der Waals surface area (Å²) in [5.74, 6) is -3.36. The van der Waals surface area contributed by atoms with Crippen molar-refractivity contribution >= 4 is 29.7 Å². The van der Waals surface area contributed by atoms with E-state index in [0.29, 0.717) is 25.8 Å². The number of allylic oxidation sites excluding steroid dienone is 1. The van der Waals surface area contributed by atoms with E-state index in [-0.39, 0.29) is 18.4 Å². The van der Waals surface area contributed by atoms with Gasteiger partial charge in [0.25, 0.3) is 5.91 Å². The number of carbonyl (C=O) groups excluding carboxylic acids is 4. The lowest BCUT2D eigenvalue weighted by Gasteiger charge is -2.35. The Morgan fingerprint density at radius 2 is 1.66 bits per heavy atom. The van der Waals surface area contributed by atoms with Crippen molar-refractivity contribution in [2.45, 2.75) is 96.7 Å². The van der Waals surface area contributed by atoms with Gasteiger partial charge >= 0.3 is 6.18 Å². The third-order valence-corrected chi connectivity index (χ3v) is 7.87. The zero-order chi connectivity index (χ0) is 32.6. The SMILES string of the molecule is CC(C)[C@@H]1NC(=O)[C@H](C)[C@H](OCC(F)(F)F)CCC=Cc2cccc(c2)[C@@H](C)NC(=O)[C@@H]2CCCN(N2)C(=O)[C@H](C)NC1=O. The summed E-state index contributed by atoms with van der Waals surface area (Å²) in [5.41, 5.74) is 4.66. The predicted molar refractivity (Wildman–Crippen MR) is 158 cm³/mol. The number of rotatable bonds is 3. The fraction of sp³-hybridized carbons (Fsp3) is 0.613. The second kappa shape index (κ2) is 15.5. The van der Waals surface area contributed by atoms with Crippen molar-refractivity contribution < 1.29 is 37.1 Å². The van der Waals surface area contributed by atoms with Gasteiger partial charge in [0.1, 0.15) is 24.7 Å². The quantitative estimate of drug-likeness (QED) is 0.409. The second-order valence-electron chi connectivity index (χ2n) is 11.9. The Bertz CT molecular complexity index is 1210. The molecule has 6 atom stereocenters. The minimum Gasteiger partial charge on any atom is -0.368 e. The fourth-order valence-corrected chi connectivity index (χ4v) is 5.21. The molecule has 1 fully saturated rings. The standard InChI is InChI=1S/C31H44F3N5O5/c1-18(2)26-29(42)36-21(5)30(43)39-15-9-13-24(38-39)28(41)35-20(4)23-12-8-11-22(16-23)10-6-7-14-25(19(3)27(40)37-26)44-17-31(32,33)34/h6,8,10-12,16,18-21,24-26,38H,7,9,13-15,17H2,1-5H3,(H,35,41)(H,36,42)(H,37,40)/t19-,20-,21+,24+,25-,26+/m1/s1. The summed E-state index contributed by atoms with van der Waals surface area (Å²) in [6.07, 6.45) is -0.475. The van der Waals surface area contributed by atoms with Crippen molar-refractivity contribution in [3.63, 3.8) is 0 Å². The van der Waals surface area contributed by atoms with Gasteiger partial charge in [0.05, 0.1) is 18.1 Å². The van der Waals surface area contributed by atoms with Crippen LogP contribution in [0.2, 0.25) is 0 Å². The van der Waals surface area contributed by atoms with Crippen molar-refractivity contribution in [2.75, 3.05) is 13.2 Å². The lowest BCUT2D eigenvalue weighted by atomic mass is 9.96.